The largest absolute Gasteiger partial charge is 0.328 e. The van der Waals surface area contributed by atoms with Gasteiger partial charge in [-0.05, 0) is 46.3 Å². The zero-order valence-electron chi connectivity index (χ0n) is 9.75. The molecule has 0 radical (unpaired) electrons. The number of halogens is 4. The summed E-state index contributed by atoms with van der Waals surface area (Å²) < 4.78 is 42.5. The Hall–Kier alpha value is -1.60. The second kappa shape index (κ2) is 4.75. The first-order valence-corrected chi connectivity index (χ1v) is 6.72. The van der Waals surface area contributed by atoms with Crippen molar-refractivity contribution in [3.8, 4) is 5.69 Å². The first kappa shape index (κ1) is 13.4. The summed E-state index contributed by atoms with van der Waals surface area (Å²) in [5.74, 6) is -1.96. The van der Waals surface area contributed by atoms with E-state index < -0.39 is 17.5 Å². The molecule has 0 spiro atoms. The van der Waals surface area contributed by atoms with Crippen molar-refractivity contribution in [2.24, 2.45) is 0 Å². The van der Waals surface area contributed by atoms with E-state index in [1.165, 1.54) is 16.7 Å². The highest BCUT2D eigenvalue weighted by atomic mass is 79.9. The van der Waals surface area contributed by atoms with Crippen LogP contribution >= 0.6 is 28.1 Å². The minimum atomic E-state index is -0.748. The van der Waals surface area contributed by atoms with Gasteiger partial charge in [-0.2, -0.15) is 0 Å². The van der Waals surface area contributed by atoms with Crippen molar-refractivity contribution in [1.29, 1.82) is 0 Å². The van der Waals surface area contributed by atoms with Gasteiger partial charge in [0.05, 0.1) is 15.7 Å². The molecule has 0 unspecified atom stereocenters. The molecule has 0 saturated heterocycles. The average molecular weight is 359 g/mol. The van der Waals surface area contributed by atoms with Crippen LogP contribution in [0.3, 0.4) is 0 Å². The minimum Gasteiger partial charge on any atom is -0.328 e. The molecule has 20 heavy (non-hydrogen) atoms. The van der Waals surface area contributed by atoms with Crippen LogP contribution in [0.4, 0.5) is 13.2 Å². The molecule has 0 aliphatic carbocycles. The van der Waals surface area contributed by atoms with E-state index in [4.69, 9.17) is 12.2 Å². The third-order valence-corrected chi connectivity index (χ3v) is 3.80. The van der Waals surface area contributed by atoms with Gasteiger partial charge in [0, 0.05) is 12.1 Å². The van der Waals surface area contributed by atoms with Crippen LogP contribution in [0, 0.1) is 22.2 Å². The Balaban J connectivity index is 2.38. The molecule has 102 valence electrons. The number of aromatic amines is 1. The van der Waals surface area contributed by atoms with Gasteiger partial charge in [-0.25, -0.2) is 13.2 Å². The van der Waals surface area contributed by atoms with E-state index in [0.717, 1.165) is 12.1 Å². The number of hydrogen-bond acceptors (Lipinski definition) is 1. The summed E-state index contributed by atoms with van der Waals surface area (Å²) in [7, 11) is 0. The highest BCUT2D eigenvalue weighted by Crippen LogP contribution is 2.25. The lowest BCUT2D eigenvalue weighted by atomic mass is 10.2. The van der Waals surface area contributed by atoms with Gasteiger partial charge >= 0.3 is 0 Å². The maximum absolute atomic E-state index is 13.7. The summed E-state index contributed by atoms with van der Waals surface area (Å²) in [4.78, 5) is 2.66. The van der Waals surface area contributed by atoms with Crippen LogP contribution in [-0.2, 0) is 0 Å². The number of imidazole rings is 1. The van der Waals surface area contributed by atoms with Gasteiger partial charge in [0.15, 0.2) is 10.6 Å². The van der Waals surface area contributed by atoms with E-state index in [2.05, 4.69) is 20.9 Å². The highest BCUT2D eigenvalue weighted by molar-refractivity contribution is 9.10. The molecule has 2 aromatic carbocycles. The number of hydrogen-bond donors (Lipinski definition) is 1. The van der Waals surface area contributed by atoms with Crippen LogP contribution in [0.5, 0.6) is 0 Å². The Morgan fingerprint density at radius 2 is 1.80 bits per heavy atom. The molecule has 1 aromatic heterocycles. The summed E-state index contributed by atoms with van der Waals surface area (Å²) in [5, 5.41) is 0. The number of benzene rings is 2. The topological polar surface area (TPSA) is 20.7 Å². The van der Waals surface area contributed by atoms with Crippen LogP contribution < -0.4 is 0 Å². The van der Waals surface area contributed by atoms with Gasteiger partial charge < -0.3 is 4.98 Å². The lowest BCUT2D eigenvalue weighted by Crippen LogP contribution is -1.96. The lowest BCUT2D eigenvalue weighted by molar-refractivity contribution is 0.590. The quantitative estimate of drug-likeness (QED) is 0.615. The van der Waals surface area contributed by atoms with Crippen molar-refractivity contribution in [3.63, 3.8) is 0 Å². The summed E-state index contributed by atoms with van der Waals surface area (Å²) in [5.41, 5.74) is 0.681. The predicted octanol–water partition coefficient (Wildman–Crippen LogP) is 4.87. The van der Waals surface area contributed by atoms with Crippen molar-refractivity contribution < 1.29 is 13.2 Å². The highest BCUT2D eigenvalue weighted by Gasteiger charge is 2.13. The summed E-state index contributed by atoms with van der Waals surface area (Å²) in [6.07, 6.45) is 0. The fraction of sp³-hybridized carbons (Fsp3) is 0. The first-order valence-electron chi connectivity index (χ1n) is 5.52. The lowest BCUT2D eigenvalue weighted by Gasteiger charge is -2.06. The zero-order valence-corrected chi connectivity index (χ0v) is 12.2. The molecule has 0 bridgehead atoms. The van der Waals surface area contributed by atoms with E-state index in [1.807, 2.05) is 0 Å². The van der Waals surface area contributed by atoms with E-state index in [0.29, 0.717) is 10.2 Å². The minimum absolute atomic E-state index is 0.0831. The Kier molecular flexibility index (Phi) is 3.18. The summed E-state index contributed by atoms with van der Waals surface area (Å²) in [6, 6.07) is 6.24. The van der Waals surface area contributed by atoms with Gasteiger partial charge in [-0.3, -0.25) is 4.57 Å². The first-order chi connectivity index (χ1) is 9.47. The van der Waals surface area contributed by atoms with Crippen LogP contribution in [0.25, 0.3) is 16.7 Å². The molecular formula is C13H6BrF3N2S. The molecule has 3 rings (SSSR count). The summed E-state index contributed by atoms with van der Waals surface area (Å²) >= 11 is 8.14. The Labute approximate surface area is 125 Å². The average Bonchev–Trinajstić information content (AvgIpc) is 2.70. The molecule has 1 N–H and O–H groups in total. The molecule has 0 fully saturated rings. The van der Waals surface area contributed by atoms with Gasteiger partial charge in [-0.1, -0.05) is 0 Å². The van der Waals surface area contributed by atoms with E-state index >= 15 is 0 Å². The second-order valence-corrected chi connectivity index (χ2v) is 5.39. The Bertz CT molecular complexity index is 885. The monoisotopic (exact) mass is 358 g/mol. The molecule has 0 saturated carbocycles. The van der Waals surface area contributed by atoms with Crippen molar-refractivity contribution >= 4 is 39.2 Å². The number of nitrogens with zero attached hydrogens (tertiary/aromatic N) is 1. The van der Waals surface area contributed by atoms with Gasteiger partial charge in [0.2, 0.25) is 0 Å². The molecule has 3 aromatic rings. The van der Waals surface area contributed by atoms with Crippen LogP contribution in [0.2, 0.25) is 0 Å². The fourth-order valence-corrected chi connectivity index (χ4v) is 2.57. The van der Waals surface area contributed by atoms with Crippen molar-refractivity contribution in [2.45, 2.75) is 0 Å². The van der Waals surface area contributed by atoms with Gasteiger partial charge in [-0.15, -0.1) is 0 Å². The third-order valence-electron chi connectivity index (χ3n) is 2.87. The maximum Gasteiger partial charge on any atom is 0.182 e. The van der Waals surface area contributed by atoms with Gasteiger partial charge in [0.1, 0.15) is 17.2 Å². The second-order valence-electron chi connectivity index (χ2n) is 4.15. The van der Waals surface area contributed by atoms with E-state index in [9.17, 15) is 13.2 Å². The Morgan fingerprint density at radius 3 is 2.50 bits per heavy atom. The van der Waals surface area contributed by atoms with Crippen LogP contribution in [0.1, 0.15) is 0 Å². The number of H-pyrrole nitrogens is 1. The molecule has 2 nitrogen and oxygen atoms in total. The number of aromatic nitrogens is 2. The van der Waals surface area contributed by atoms with Crippen molar-refractivity contribution in [1.82, 2.24) is 9.55 Å². The third kappa shape index (κ3) is 2.06. The molecule has 7 heteroatoms. The zero-order chi connectivity index (χ0) is 14.4. The Morgan fingerprint density at radius 1 is 1.05 bits per heavy atom. The van der Waals surface area contributed by atoms with Crippen molar-refractivity contribution in [3.05, 3.63) is 57.0 Å². The molecule has 0 aliphatic rings. The van der Waals surface area contributed by atoms with Gasteiger partial charge in [0.25, 0.3) is 0 Å². The fourth-order valence-electron chi connectivity index (χ4n) is 2.01. The standard InChI is InChI=1S/C13H6BrF3N2S/c14-8-2-1-7(5-9(8)16)19-11-4-6(15)3-10(17)12(11)18-13(19)20/h1-5H,(H,18,20). The molecular weight excluding hydrogens is 353 g/mol. The smallest absolute Gasteiger partial charge is 0.182 e. The van der Waals surface area contributed by atoms with Crippen LogP contribution in [-0.4, -0.2) is 9.55 Å². The molecule has 0 amide bonds. The SMILES string of the molecule is Fc1cc(F)c2[nH]c(=S)n(-c3ccc(Br)c(F)c3)c2c1. The normalized spacial score (nSPS) is 11.2. The maximum atomic E-state index is 13.7. The van der Waals surface area contributed by atoms with Crippen molar-refractivity contribution in [2.75, 3.05) is 0 Å². The van der Waals surface area contributed by atoms with E-state index in [-0.39, 0.29) is 15.8 Å². The molecule has 0 aliphatic heterocycles. The predicted molar refractivity (Wildman–Crippen MR) is 76.0 cm³/mol. The number of rotatable bonds is 1. The molecule has 0 atom stereocenters. The summed E-state index contributed by atoms with van der Waals surface area (Å²) in [6.45, 7) is 0. The number of nitrogens with one attached hydrogen (secondary N) is 1. The van der Waals surface area contributed by atoms with Crippen LogP contribution in [0.15, 0.2) is 34.8 Å². The van der Waals surface area contributed by atoms with E-state index in [1.54, 1.807) is 6.07 Å². The number of fused-ring (bicyclic) bond motifs is 1. The molecule has 1 heterocycles.